The molecule has 8 heteroatoms. The molecule has 5 aliphatic rings. The number of epoxide rings is 1. The zero-order valence-corrected chi connectivity index (χ0v) is 18.8. The summed E-state index contributed by atoms with van der Waals surface area (Å²) >= 11 is 0. The van der Waals surface area contributed by atoms with E-state index in [0.29, 0.717) is 23.5 Å². The Balaban J connectivity index is 1.62. The van der Waals surface area contributed by atoms with Gasteiger partial charge in [-0.15, -0.1) is 0 Å². The third kappa shape index (κ3) is 2.29. The van der Waals surface area contributed by atoms with E-state index in [1.54, 1.807) is 7.11 Å². The van der Waals surface area contributed by atoms with Crippen molar-refractivity contribution in [2.75, 3.05) is 32.6 Å². The molecule has 4 heterocycles. The van der Waals surface area contributed by atoms with Crippen molar-refractivity contribution in [1.82, 2.24) is 4.90 Å². The molecule has 0 saturated carbocycles. The Morgan fingerprint density at radius 1 is 1.28 bits per heavy atom. The van der Waals surface area contributed by atoms with Gasteiger partial charge in [0, 0.05) is 42.4 Å². The van der Waals surface area contributed by atoms with Gasteiger partial charge in [-0.2, -0.15) is 0 Å². The minimum Gasteiger partial charge on any atom is -0.493 e. The predicted molar refractivity (Wildman–Crippen MR) is 115 cm³/mol. The minimum atomic E-state index is -0.412. The number of benzene rings is 1. The van der Waals surface area contributed by atoms with Crippen LogP contribution in [-0.2, 0) is 24.5 Å². The van der Waals surface area contributed by atoms with Crippen LogP contribution < -0.4 is 14.8 Å². The number of carbonyl (C=O) groups is 2. The number of fused-ring (bicyclic) bond motifs is 3. The van der Waals surface area contributed by atoms with Gasteiger partial charge < -0.3 is 24.3 Å². The molecular weight excluding hydrogens is 412 g/mol. The molecule has 170 valence electrons. The van der Waals surface area contributed by atoms with Gasteiger partial charge in [0.15, 0.2) is 11.5 Å². The normalized spacial score (nSPS) is 35.8. The van der Waals surface area contributed by atoms with Crippen LogP contribution in [0.25, 0.3) is 0 Å². The maximum absolute atomic E-state index is 13.1. The highest BCUT2D eigenvalue weighted by Crippen LogP contribution is 2.68. The number of rotatable bonds is 4. The zero-order chi connectivity index (χ0) is 22.4. The van der Waals surface area contributed by atoms with Gasteiger partial charge >= 0.3 is 11.9 Å². The Morgan fingerprint density at radius 2 is 2.09 bits per heavy atom. The molecule has 5 unspecified atom stereocenters. The van der Waals surface area contributed by atoms with Gasteiger partial charge in [0.25, 0.3) is 0 Å². The first-order valence-electron chi connectivity index (χ1n) is 11.3. The first kappa shape index (κ1) is 20.1. The highest BCUT2D eigenvalue weighted by Gasteiger charge is 2.74. The van der Waals surface area contributed by atoms with Gasteiger partial charge in [0.1, 0.15) is 0 Å². The molecule has 1 spiro atoms. The molecular formula is C24H28N2O6. The summed E-state index contributed by atoms with van der Waals surface area (Å²) in [6.45, 7) is 5.43. The lowest BCUT2D eigenvalue weighted by Crippen LogP contribution is -2.63. The van der Waals surface area contributed by atoms with Crippen molar-refractivity contribution >= 4 is 17.6 Å². The standard InChI is InChI=1S/C24H28N2O6/c1-5-23-10-13(21(28)30-4)19-24(6-7-26(22(23)24)11-18-20(23)32-18)14-8-17(31-12(2)27)16(29-3)9-15(14)25-19/h8-9,18,20,22,25H,5-7,10-11H2,1-4H3. The van der Waals surface area contributed by atoms with E-state index in [9.17, 15) is 9.59 Å². The number of ether oxygens (including phenoxy) is 4. The second-order valence-electron chi connectivity index (χ2n) is 9.59. The van der Waals surface area contributed by atoms with E-state index in [-0.39, 0.29) is 29.6 Å². The first-order valence-corrected chi connectivity index (χ1v) is 11.3. The summed E-state index contributed by atoms with van der Waals surface area (Å²) in [6, 6.07) is 4.00. The quantitative estimate of drug-likeness (QED) is 0.434. The Hall–Kier alpha value is -2.58. The van der Waals surface area contributed by atoms with E-state index in [2.05, 4.69) is 17.1 Å². The van der Waals surface area contributed by atoms with Crippen LogP contribution in [0.3, 0.4) is 0 Å². The van der Waals surface area contributed by atoms with Crippen molar-refractivity contribution in [1.29, 1.82) is 0 Å². The monoisotopic (exact) mass is 440 g/mol. The van der Waals surface area contributed by atoms with Crippen LogP contribution in [0.15, 0.2) is 23.4 Å². The molecule has 6 rings (SSSR count). The van der Waals surface area contributed by atoms with Gasteiger partial charge in [-0.1, -0.05) is 6.92 Å². The topological polar surface area (TPSA) is 89.6 Å². The summed E-state index contributed by atoms with van der Waals surface area (Å²) in [6.07, 6.45) is 2.81. The molecule has 3 saturated heterocycles. The Bertz CT molecular complexity index is 1080. The lowest BCUT2D eigenvalue weighted by molar-refractivity contribution is -0.137. The van der Waals surface area contributed by atoms with Crippen LogP contribution in [0.1, 0.15) is 38.7 Å². The summed E-state index contributed by atoms with van der Waals surface area (Å²) in [4.78, 5) is 27.4. The molecule has 1 aromatic carbocycles. The third-order valence-electron chi connectivity index (χ3n) is 8.38. The molecule has 1 N–H and O–H groups in total. The number of nitrogens with one attached hydrogen (secondary N) is 1. The zero-order valence-electron chi connectivity index (χ0n) is 18.8. The van der Waals surface area contributed by atoms with Crippen molar-refractivity contribution in [3.8, 4) is 11.5 Å². The summed E-state index contributed by atoms with van der Waals surface area (Å²) in [7, 11) is 2.99. The number of carbonyl (C=O) groups excluding carboxylic acids is 2. The van der Waals surface area contributed by atoms with Gasteiger partial charge in [0.05, 0.1) is 37.4 Å². The van der Waals surface area contributed by atoms with Gasteiger partial charge in [-0.3, -0.25) is 9.69 Å². The Labute approximate surface area is 186 Å². The molecule has 5 atom stereocenters. The van der Waals surface area contributed by atoms with E-state index in [4.69, 9.17) is 18.9 Å². The maximum atomic E-state index is 13.1. The number of nitrogens with zero attached hydrogens (tertiary/aromatic N) is 1. The fourth-order valence-electron chi connectivity index (χ4n) is 7.25. The molecule has 0 bridgehead atoms. The number of piperidine rings is 1. The SMILES string of the molecule is CCC12CC(C(=O)OC)=C3Nc4cc(OC)c(OC(C)=O)cc4C34CCN(CC3OC31)C42. The molecule has 3 fully saturated rings. The maximum Gasteiger partial charge on any atom is 0.335 e. The van der Waals surface area contributed by atoms with E-state index in [1.165, 1.54) is 14.0 Å². The largest absolute Gasteiger partial charge is 0.493 e. The highest BCUT2D eigenvalue weighted by atomic mass is 16.6. The van der Waals surface area contributed by atoms with Gasteiger partial charge in [-0.25, -0.2) is 4.79 Å². The average molecular weight is 440 g/mol. The lowest BCUT2D eigenvalue weighted by atomic mass is 9.53. The second-order valence-corrected chi connectivity index (χ2v) is 9.59. The molecule has 8 nitrogen and oxygen atoms in total. The second kappa shape index (κ2) is 6.48. The molecule has 32 heavy (non-hydrogen) atoms. The molecule has 4 aliphatic heterocycles. The predicted octanol–water partition coefficient (Wildman–Crippen LogP) is 2.37. The van der Waals surface area contributed by atoms with Crippen molar-refractivity contribution in [2.24, 2.45) is 5.41 Å². The average Bonchev–Trinajstić information content (AvgIpc) is 3.37. The highest BCUT2D eigenvalue weighted by molar-refractivity contribution is 5.93. The Kier molecular flexibility index (Phi) is 4.06. The molecule has 0 amide bonds. The van der Waals surface area contributed by atoms with Crippen LogP contribution in [0.2, 0.25) is 0 Å². The summed E-state index contributed by atoms with van der Waals surface area (Å²) in [5.74, 6) is 0.189. The summed E-state index contributed by atoms with van der Waals surface area (Å²) < 4.78 is 22.5. The van der Waals surface area contributed by atoms with E-state index < -0.39 is 11.4 Å². The van der Waals surface area contributed by atoms with E-state index in [0.717, 1.165) is 42.9 Å². The van der Waals surface area contributed by atoms with Gasteiger partial charge in [0.2, 0.25) is 0 Å². The number of hydrogen-bond acceptors (Lipinski definition) is 8. The first-order chi connectivity index (χ1) is 15.4. The van der Waals surface area contributed by atoms with Crippen molar-refractivity contribution in [3.05, 3.63) is 29.0 Å². The summed E-state index contributed by atoms with van der Waals surface area (Å²) in [5, 5.41) is 3.57. The number of esters is 2. The van der Waals surface area contributed by atoms with Crippen LogP contribution in [-0.4, -0.2) is 62.4 Å². The molecule has 0 aromatic heterocycles. The molecule has 0 radical (unpaired) electrons. The van der Waals surface area contributed by atoms with Crippen molar-refractivity contribution < 1.29 is 28.5 Å². The number of hydrogen-bond donors (Lipinski definition) is 1. The van der Waals surface area contributed by atoms with Crippen molar-refractivity contribution in [2.45, 2.75) is 56.8 Å². The number of methoxy groups -OCH3 is 2. The minimum absolute atomic E-state index is 0.153. The van der Waals surface area contributed by atoms with Crippen LogP contribution in [0.5, 0.6) is 11.5 Å². The fourth-order valence-corrected chi connectivity index (χ4v) is 7.25. The Morgan fingerprint density at radius 3 is 2.78 bits per heavy atom. The van der Waals surface area contributed by atoms with Crippen LogP contribution in [0.4, 0.5) is 5.69 Å². The molecule has 1 aliphatic carbocycles. The van der Waals surface area contributed by atoms with Gasteiger partial charge in [-0.05, 0) is 37.4 Å². The molecule has 1 aromatic rings. The third-order valence-corrected chi connectivity index (χ3v) is 8.38. The van der Waals surface area contributed by atoms with Crippen molar-refractivity contribution in [3.63, 3.8) is 0 Å². The fraction of sp³-hybridized carbons (Fsp3) is 0.583. The van der Waals surface area contributed by atoms with E-state index in [1.807, 2.05) is 12.1 Å². The smallest absolute Gasteiger partial charge is 0.335 e. The van der Waals surface area contributed by atoms with Crippen LogP contribution in [0, 0.1) is 5.41 Å². The van der Waals surface area contributed by atoms with Crippen LogP contribution >= 0.6 is 0 Å². The summed E-state index contributed by atoms with van der Waals surface area (Å²) in [5.41, 5.74) is 2.99. The number of anilines is 1. The van der Waals surface area contributed by atoms with E-state index >= 15 is 0 Å². The lowest BCUT2D eigenvalue weighted by Gasteiger charge is -2.54.